The summed E-state index contributed by atoms with van der Waals surface area (Å²) in [5, 5.41) is 3.27. The van der Waals surface area contributed by atoms with Gasteiger partial charge in [0, 0.05) is 24.2 Å². The van der Waals surface area contributed by atoms with E-state index in [9.17, 15) is 4.79 Å². The molecule has 5 heteroatoms. The van der Waals surface area contributed by atoms with Crippen molar-refractivity contribution in [3.8, 4) is 11.5 Å². The van der Waals surface area contributed by atoms with Gasteiger partial charge in [-0.2, -0.15) is 0 Å². The van der Waals surface area contributed by atoms with Gasteiger partial charge in [0.25, 0.3) is 0 Å². The highest BCUT2D eigenvalue weighted by Crippen LogP contribution is 2.32. The topological polar surface area (TPSA) is 56.8 Å². The predicted molar refractivity (Wildman–Crippen MR) is 76.4 cm³/mol. The van der Waals surface area contributed by atoms with Gasteiger partial charge in [-0.25, -0.2) is 0 Å². The normalized spacial score (nSPS) is 15.1. The van der Waals surface area contributed by atoms with Crippen LogP contribution in [0.2, 0.25) is 0 Å². The van der Waals surface area contributed by atoms with E-state index in [1.807, 2.05) is 25.1 Å². The molecule has 0 amide bonds. The van der Waals surface area contributed by atoms with E-state index in [-0.39, 0.29) is 12.0 Å². The van der Waals surface area contributed by atoms with Gasteiger partial charge in [-0.15, -0.1) is 0 Å². The Balaban J connectivity index is 1.96. The maximum absolute atomic E-state index is 11.4. The second-order valence-electron chi connectivity index (χ2n) is 4.77. The standard InChI is InChI=1S/C15H21NO4/c1-3-18-15(17)9-11(2)16-12-5-6-13-14(10-12)20-8-4-7-19-13/h5-6,10-11,16H,3-4,7-9H2,1-2H3. The molecule has 110 valence electrons. The molecule has 0 saturated carbocycles. The Labute approximate surface area is 119 Å². The lowest BCUT2D eigenvalue weighted by Crippen LogP contribution is -2.21. The van der Waals surface area contributed by atoms with Crippen LogP contribution in [-0.2, 0) is 9.53 Å². The first-order chi connectivity index (χ1) is 9.69. The summed E-state index contributed by atoms with van der Waals surface area (Å²) in [5.41, 5.74) is 0.908. The van der Waals surface area contributed by atoms with Crippen LogP contribution in [0.25, 0.3) is 0 Å². The summed E-state index contributed by atoms with van der Waals surface area (Å²) < 4.78 is 16.1. The lowest BCUT2D eigenvalue weighted by molar-refractivity contribution is -0.143. The van der Waals surface area contributed by atoms with Crippen molar-refractivity contribution in [2.24, 2.45) is 0 Å². The van der Waals surface area contributed by atoms with Gasteiger partial charge in [0.1, 0.15) is 0 Å². The molecule has 1 atom stereocenters. The predicted octanol–water partition coefficient (Wildman–Crippen LogP) is 2.60. The van der Waals surface area contributed by atoms with Gasteiger partial charge in [-0.1, -0.05) is 0 Å². The summed E-state index contributed by atoms with van der Waals surface area (Å²) >= 11 is 0. The Kier molecular flexibility index (Phi) is 5.09. The van der Waals surface area contributed by atoms with Crippen molar-refractivity contribution < 1.29 is 19.0 Å². The Morgan fingerprint density at radius 3 is 2.85 bits per heavy atom. The maximum atomic E-state index is 11.4. The number of esters is 1. The molecule has 1 aliphatic heterocycles. The van der Waals surface area contributed by atoms with Crippen molar-refractivity contribution in [3.05, 3.63) is 18.2 Å². The molecule has 0 saturated heterocycles. The van der Waals surface area contributed by atoms with Crippen LogP contribution < -0.4 is 14.8 Å². The molecule has 0 spiro atoms. The van der Waals surface area contributed by atoms with Gasteiger partial charge in [-0.05, 0) is 26.0 Å². The Hall–Kier alpha value is -1.91. The molecule has 1 heterocycles. The molecule has 5 nitrogen and oxygen atoms in total. The van der Waals surface area contributed by atoms with E-state index < -0.39 is 0 Å². The van der Waals surface area contributed by atoms with Crippen LogP contribution in [0.15, 0.2) is 18.2 Å². The maximum Gasteiger partial charge on any atom is 0.307 e. The fraction of sp³-hybridized carbons (Fsp3) is 0.533. The van der Waals surface area contributed by atoms with Crippen LogP contribution >= 0.6 is 0 Å². The fourth-order valence-corrected chi connectivity index (χ4v) is 2.06. The minimum absolute atomic E-state index is 0.00111. The third kappa shape index (κ3) is 4.05. The first-order valence-corrected chi connectivity index (χ1v) is 7.01. The molecule has 1 N–H and O–H groups in total. The van der Waals surface area contributed by atoms with E-state index in [1.165, 1.54) is 0 Å². The zero-order valence-corrected chi connectivity index (χ0v) is 12.0. The van der Waals surface area contributed by atoms with Gasteiger partial charge in [-0.3, -0.25) is 4.79 Å². The monoisotopic (exact) mass is 279 g/mol. The van der Waals surface area contributed by atoms with Crippen molar-refractivity contribution in [2.75, 3.05) is 25.1 Å². The number of benzene rings is 1. The average molecular weight is 279 g/mol. The number of fused-ring (bicyclic) bond motifs is 1. The smallest absolute Gasteiger partial charge is 0.307 e. The van der Waals surface area contributed by atoms with Crippen molar-refractivity contribution >= 4 is 11.7 Å². The molecule has 1 unspecified atom stereocenters. The third-order valence-electron chi connectivity index (χ3n) is 2.94. The molecule has 0 fully saturated rings. The molecule has 1 aliphatic rings. The molecule has 2 rings (SSSR count). The van der Waals surface area contributed by atoms with Crippen molar-refractivity contribution in [1.82, 2.24) is 0 Å². The lowest BCUT2D eigenvalue weighted by atomic mass is 10.2. The largest absolute Gasteiger partial charge is 0.490 e. The van der Waals surface area contributed by atoms with Crippen LogP contribution in [-0.4, -0.2) is 31.8 Å². The van der Waals surface area contributed by atoms with Crippen molar-refractivity contribution in [3.63, 3.8) is 0 Å². The van der Waals surface area contributed by atoms with Gasteiger partial charge < -0.3 is 19.5 Å². The molecule has 0 radical (unpaired) electrons. The SMILES string of the molecule is CCOC(=O)CC(C)Nc1ccc2c(c1)OCCCO2. The Bertz CT molecular complexity index is 461. The molecular weight excluding hydrogens is 258 g/mol. The molecular formula is C15H21NO4. The van der Waals surface area contributed by atoms with Gasteiger partial charge >= 0.3 is 5.97 Å². The van der Waals surface area contributed by atoms with E-state index in [1.54, 1.807) is 6.92 Å². The fourth-order valence-electron chi connectivity index (χ4n) is 2.06. The quantitative estimate of drug-likeness (QED) is 0.840. The highest BCUT2D eigenvalue weighted by atomic mass is 16.5. The minimum Gasteiger partial charge on any atom is -0.490 e. The summed E-state index contributed by atoms with van der Waals surface area (Å²) in [6.45, 7) is 5.50. The molecule has 20 heavy (non-hydrogen) atoms. The number of carbonyl (C=O) groups excluding carboxylic acids is 1. The number of rotatable bonds is 5. The van der Waals surface area contributed by atoms with Gasteiger partial charge in [0.15, 0.2) is 11.5 Å². The summed E-state index contributed by atoms with van der Waals surface area (Å²) in [7, 11) is 0. The third-order valence-corrected chi connectivity index (χ3v) is 2.94. The van der Waals surface area contributed by atoms with Crippen LogP contribution in [0.1, 0.15) is 26.7 Å². The number of ether oxygens (including phenoxy) is 3. The molecule has 1 aromatic carbocycles. The number of hydrogen-bond acceptors (Lipinski definition) is 5. The average Bonchev–Trinajstić information content (AvgIpc) is 2.63. The van der Waals surface area contributed by atoms with E-state index in [4.69, 9.17) is 14.2 Å². The second-order valence-corrected chi connectivity index (χ2v) is 4.77. The number of anilines is 1. The van der Waals surface area contributed by atoms with E-state index >= 15 is 0 Å². The van der Waals surface area contributed by atoms with Gasteiger partial charge in [0.05, 0.1) is 26.2 Å². The minimum atomic E-state index is -0.193. The molecule has 0 aromatic heterocycles. The molecule has 0 bridgehead atoms. The highest BCUT2D eigenvalue weighted by molar-refractivity contribution is 5.70. The van der Waals surface area contributed by atoms with Gasteiger partial charge in [0.2, 0.25) is 0 Å². The van der Waals surface area contributed by atoms with E-state index in [0.29, 0.717) is 26.2 Å². The van der Waals surface area contributed by atoms with Crippen molar-refractivity contribution in [2.45, 2.75) is 32.7 Å². The number of nitrogens with one attached hydrogen (secondary N) is 1. The summed E-state index contributed by atoms with van der Waals surface area (Å²) in [6, 6.07) is 5.72. The molecule has 0 aliphatic carbocycles. The van der Waals surface area contributed by atoms with E-state index in [2.05, 4.69) is 5.32 Å². The number of carbonyl (C=O) groups is 1. The second kappa shape index (κ2) is 7.03. The zero-order valence-electron chi connectivity index (χ0n) is 12.0. The van der Waals surface area contributed by atoms with Crippen LogP contribution in [0, 0.1) is 0 Å². The first kappa shape index (κ1) is 14.5. The summed E-state index contributed by atoms with van der Waals surface area (Å²) in [4.78, 5) is 11.4. The van der Waals surface area contributed by atoms with Crippen molar-refractivity contribution in [1.29, 1.82) is 0 Å². The van der Waals surface area contributed by atoms with Crippen LogP contribution in [0.4, 0.5) is 5.69 Å². The number of hydrogen-bond donors (Lipinski definition) is 1. The van der Waals surface area contributed by atoms with E-state index in [0.717, 1.165) is 23.6 Å². The molecule has 1 aromatic rings. The van der Waals surface area contributed by atoms with Crippen LogP contribution in [0.3, 0.4) is 0 Å². The summed E-state index contributed by atoms with van der Waals surface area (Å²) in [6.07, 6.45) is 1.22. The Morgan fingerprint density at radius 2 is 2.10 bits per heavy atom. The zero-order chi connectivity index (χ0) is 14.4. The van der Waals surface area contributed by atoms with Crippen LogP contribution in [0.5, 0.6) is 11.5 Å². The Morgan fingerprint density at radius 1 is 1.35 bits per heavy atom. The first-order valence-electron chi connectivity index (χ1n) is 7.01. The summed E-state index contributed by atoms with van der Waals surface area (Å²) in [5.74, 6) is 1.32. The highest BCUT2D eigenvalue weighted by Gasteiger charge is 2.13. The lowest BCUT2D eigenvalue weighted by Gasteiger charge is -2.16.